The van der Waals surface area contributed by atoms with Gasteiger partial charge in [-0.15, -0.1) is 12.4 Å². The van der Waals surface area contributed by atoms with Crippen LogP contribution >= 0.6 is 12.4 Å². The minimum Gasteiger partial charge on any atom is -0.338 e. The van der Waals surface area contributed by atoms with E-state index < -0.39 is 0 Å². The Morgan fingerprint density at radius 1 is 1.12 bits per heavy atom. The van der Waals surface area contributed by atoms with E-state index >= 15 is 0 Å². The average Bonchev–Trinajstić information content (AvgIpc) is 2.86. The lowest BCUT2D eigenvalue weighted by Crippen LogP contribution is -2.39. The molecule has 6 nitrogen and oxygen atoms in total. The van der Waals surface area contributed by atoms with E-state index in [4.69, 9.17) is 0 Å². The molecule has 138 valence electrons. The van der Waals surface area contributed by atoms with Gasteiger partial charge in [-0.25, -0.2) is 4.79 Å². The zero-order chi connectivity index (χ0) is 16.9. The standard InChI is InChI=1S/C18H26N4O2.ClH/c1-2-19-18(24)22-14-5-3-4-13(11-14)21-17(23)10-12-8-15-6-7-16(9-12)20-15;/h3-5,11-12,15-16,20H,2,6-10H2,1H3,(H,21,23)(H2,19,22,24);1H. The minimum atomic E-state index is -0.244. The maximum absolute atomic E-state index is 12.3. The summed E-state index contributed by atoms with van der Waals surface area (Å²) in [5.74, 6) is 0.525. The molecule has 0 saturated carbocycles. The molecule has 25 heavy (non-hydrogen) atoms. The zero-order valence-electron chi connectivity index (χ0n) is 14.5. The van der Waals surface area contributed by atoms with Gasteiger partial charge in [-0.05, 0) is 56.7 Å². The van der Waals surface area contributed by atoms with Gasteiger partial charge in [-0.2, -0.15) is 0 Å². The third kappa shape index (κ3) is 5.61. The number of anilines is 2. The summed E-state index contributed by atoms with van der Waals surface area (Å²) < 4.78 is 0. The lowest BCUT2D eigenvalue weighted by Gasteiger charge is -2.28. The van der Waals surface area contributed by atoms with E-state index in [0.717, 1.165) is 12.8 Å². The fourth-order valence-electron chi connectivity index (χ4n) is 3.83. The molecule has 2 aliphatic heterocycles. The zero-order valence-corrected chi connectivity index (χ0v) is 15.3. The van der Waals surface area contributed by atoms with Gasteiger partial charge in [0.25, 0.3) is 0 Å². The molecule has 1 aromatic rings. The topological polar surface area (TPSA) is 82.3 Å². The number of urea groups is 1. The van der Waals surface area contributed by atoms with Crippen molar-refractivity contribution in [3.8, 4) is 0 Å². The predicted molar refractivity (Wildman–Crippen MR) is 102 cm³/mol. The number of carbonyl (C=O) groups is 2. The molecule has 3 amide bonds. The van der Waals surface area contributed by atoms with E-state index in [0.29, 0.717) is 42.3 Å². The molecule has 0 aromatic heterocycles. The highest BCUT2D eigenvalue weighted by molar-refractivity contribution is 5.93. The summed E-state index contributed by atoms with van der Waals surface area (Å²) in [5, 5.41) is 12.0. The first-order chi connectivity index (χ1) is 11.6. The van der Waals surface area contributed by atoms with Crippen molar-refractivity contribution in [3.63, 3.8) is 0 Å². The number of piperidine rings is 1. The summed E-state index contributed by atoms with van der Waals surface area (Å²) in [7, 11) is 0. The molecule has 0 spiro atoms. The molecule has 7 heteroatoms. The third-order valence-corrected chi connectivity index (χ3v) is 4.79. The van der Waals surface area contributed by atoms with Crippen molar-refractivity contribution in [2.45, 2.75) is 51.1 Å². The van der Waals surface area contributed by atoms with Crippen LogP contribution in [0.2, 0.25) is 0 Å². The van der Waals surface area contributed by atoms with E-state index in [1.54, 1.807) is 12.1 Å². The quantitative estimate of drug-likeness (QED) is 0.646. The van der Waals surface area contributed by atoms with Crippen molar-refractivity contribution in [3.05, 3.63) is 24.3 Å². The molecule has 2 heterocycles. The smallest absolute Gasteiger partial charge is 0.319 e. The van der Waals surface area contributed by atoms with E-state index in [1.807, 2.05) is 19.1 Å². The van der Waals surface area contributed by atoms with Crippen LogP contribution in [-0.2, 0) is 4.79 Å². The molecule has 2 fully saturated rings. The summed E-state index contributed by atoms with van der Waals surface area (Å²) in [6.45, 7) is 2.43. The van der Waals surface area contributed by atoms with Crippen molar-refractivity contribution in [1.82, 2.24) is 10.6 Å². The first-order valence-electron chi connectivity index (χ1n) is 8.83. The number of amides is 3. The molecule has 0 aliphatic carbocycles. The van der Waals surface area contributed by atoms with Crippen LogP contribution in [0.1, 0.15) is 39.0 Å². The van der Waals surface area contributed by atoms with Gasteiger partial charge in [0.1, 0.15) is 0 Å². The van der Waals surface area contributed by atoms with Crippen LogP contribution in [-0.4, -0.2) is 30.6 Å². The Kier molecular flexibility index (Phi) is 7.08. The number of halogens is 1. The van der Waals surface area contributed by atoms with Crippen molar-refractivity contribution >= 4 is 35.7 Å². The maximum Gasteiger partial charge on any atom is 0.319 e. The number of benzene rings is 1. The highest BCUT2D eigenvalue weighted by atomic mass is 35.5. The third-order valence-electron chi connectivity index (χ3n) is 4.79. The summed E-state index contributed by atoms with van der Waals surface area (Å²) in [5.41, 5.74) is 1.38. The molecule has 2 atom stereocenters. The Morgan fingerprint density at radius 3 is 2.40 bits per heavy atom. The minimum absolute atomic E-state index is 0. The molecule has 3 rings (SSSR count). The summed E-state index contributed by atoms with van der Waals surface area (Å²) in [6.07, 6.45) is 5.26. The Balaban J connectivity index is 0.00000225. The van der Waals surface area contributed by atoms with Gasteiger partial charge in [0.15, 0.2) is 0 Å². The van der Waals surface area contributed by atoms with Crippen molar-refractivity contribution in [1.29, 1.82) is 0 Å². The number of nitrogens with one attached hydrogen (secondary N) is 4. The van der Waals surface area contributed by atoms with Crippen LogP contribution in [0.25, 0.3) is 0 Å². The number of hydrogen-bond donors (Lipinski definition) is 4. The van der Waals surface area contributed by atoms with Crippen LogP contribution < -0.4 is 21.3 Å². The molecule has 0 radical (unpaired) electrons. The van der Waals surface area contributed by atoms with E-state index in [9.17, 15) is 9.59 Å². The lowest BCUT2D eigenvalue weighted by atomic mass is 9.89. The summed E-state index contributed by atoms with van der Waals surface area (Å²) in [4.78, 5) is 23.9. The molecule has 1 aromatic carbocycles. The van der Waals surface area contributed by atoms with Crippen LogP contribution in [0.5, 0.6) is 0 Å². The number of carbonyl (C=O) groups excluding carboxylic acids is 2. The van der Waals surface area contributed by atoms with Crippen LogP contribution in [0.4, 0.5) is 16.2 Å². The Morgan fingerprint density at radius 2 is 1.76 bits per heavy atom. The first-order valence-corrected chi connectivity index (χ1v) is 8.83. The Bertz CT molecular complexity index is 598. The second-order valence-electron chi connectivity index (χ2n) is 6.79. The number of rotatable bonds is 5. The van der Waals surface area contributed by atoms with E-state index in [-0.39, 0.29) is 24.3 Å². The molecule has 2 saturated heterocycles. The molecule has 2 unspecified atom stereocenters. The normalized spacial score (nSPS) is 24.1. The van der Waals surface area contributed by atoms with Crippen LogP contribution in [0, 0.1) is 5.92 Å². The van der Waals surface area contributed by atoms with E-state index in [1.165, 1.54) is 12.8 Å². The van der Waals surface area contributed by atoms with Gasteiger partial charge < -0.3 is 21.3 Å². The molecular weight excluding hydrogens is 340 g/mol. The molecule has 2 bridgehead atoms. The van der Waals surface area contributed by atoms with Crippen LogP contribution in [0.15, 0.2) is 24.3 Å². The monoisotopic (exact) mass is 366 g/mol. The Hall–Kier alpha value is -1.79. The highest BCUT2D eigenvalue weighted by Crippen LogP contribution is 2.32. The predicted octanol–water partition coefficient (Wildman–Crippen LogP) is 3.11. The SMILES string of the molecule is CCNC(=O)Nc1cccc(NC(=O)CC2CC3CCC(C2)N3)c1.Cl. The second-order valence-corrected chi connectivity index (χ2v) is 6.79. The van der Waals surface area contributed by atoms with Gasteiger partial charge in [0.05, 0.1) is 0 Å². The van der Waals surface area contributed by atoms with Gasteiger partial charge >= 0.3 is 6.03 Å². The van der Waals surface area contributed by atoms with E-state index in [2.05, 4.69) is 21.3 Å². The van der Waals surface area contributed by atoms with Crippen molar-refractivity contribution < 1.29 is 9.59 Å². The molecule has 2 aliphatic rings. The lowest BCUT2D eigenvalue weighted by molar-refractivity contribution is -0.117. The fourth-order valence-corrected chi connectivity index (χ4v) is 3.83. The highest BCUT2D eigenvalue weighted by Gasteiger charge is 2.34. The van der Waals surface area contributed by atoms with Gasteiger partial charge in [-0.3, -0.25) is 4.79 Å². The van der Waals surface area contributed by atoms with Gasteiger partial charge in [-0.1, -0.05) is 6.07 Å². The number of fused-ring (bicyclic) bond motifs is 2. The van der Waals surface area contributed by atoms with Crippen LogP contribution in [0.3, 0.4) is 0 Å². The largest absolute Gasteiger partial charge is 0.338 e. The molecular formula is C18H27ClN4O2. The second kappa shape index (κ2) is 9.06. The van der Waals surface area contributed by atoms with Gasteiger partial charge in [0.2, 0.25) is 5.91 Å². The Labute approximate surface area is 154 Å². The summed E-state index contributed by atoms with van der Waals surface area (Å²) in [6, 6.07) is 8.20. The van der Waals surface area contributed by atoms with Crippen molar-refractivity contribution in [2.75, 3.05) is 17.2 Å². The fraction of sp³-hybridized carbons (Fsp3) is 0.556. The maximum atomic E-state index is 12.3. The average molecular weight is 367 g/mol. The molecule has 4 N–H and O–H groups in total. The van der Waals surface area contributed by atoms with Gasteiger partial charge in [0, 0.05) is 36.4 Å². The van der Waals surface area contributed by atoms with Crippen molar-refractivity contribution in [2.24, 2.45) is 5.92 Å². The summed E-state index contributed by atoms with van der Waals surface area (Å²) >= 11 is 0. The first kappa shape index (κ1) is 19.5. The number of hydrogen-bond acceptors (Lipinski definition) is 3.